The van der Waals surface area contributed by atoms with Crippen molar-refractivity contribution in [1.82, 2.24) is 0 Å². The summed E-state index contributed by atoms with van der Waals surface area (Å²) in [6, 6.07) is 8.34. The largest absolute Gasteiger partial charge is 0.494 e. The van der Waals surface area contributed by atoms with Gasteiger partial charge >= 0.3 is 0 Å². The minimum Gasteiger partial charge on any atom is -0.494 e. The third-order valence-corrected chi connectivity index (χ3v) is 7.79. The zero-order valence-electron chi connectivity index (χ0n) is 21.6. The van der Waals surface area contributed by atoms with Gasteiger partial charge in [-0.15, -0.1) is 0 Å². The molecule has 1 aliphatic carbocycles. The molecule has 0 radical (unpaired) electrons. The van der Waals surface area contributed by atoms with E-state index in [-0.39, 0.29) is 6.29 Å². The number of unbranched alkanes of at least 4 members (excludes halogenated alkanes) is 5. The Bertz CT molecular complexity index is 597. The maximum absolute atomic E-state index is 6.03. The van der Waals surface area contributed by atoms with E-state index in [0.29, 0.717) is 5.92 Å². The molecular weight excluding hydrogens is 408 g/mol. The van der Waals surface area contributed by atoms with Crippen LogP contribution in [0.5, 0.6) is 5.75 Å². The second-order valence-electron chi connectivity index (χ2n) is 10.7. The lowest BCUT2D eigenvalue weighted by atomic mass is 9.78. The molecule has 0 aromatic heterocycles. The van der Waals surface area contributed by atoms with E-state index in [1.54, 1.807) is 0 Å². The standard InChI is InChI=1S/C30H50O3/c1-3-5-7-9-12-27-23-32-30(33-24-27)28-18-20-29(21-19-28)31-22-10-13-26-16-14-25(15-17-26)11-8-6-4-2/h18-21,25-27,30H,3-17,22-24H2,1-2H3/t25-,26-,27-,30-. The molecule has 3 heteroatoms. The van der Waals surface area contributed by atoms with Gasteiger partial charge in [-0.05, 0) is 43.2 Å². The summed E-state index contributed by atoms with van der Waals surface area (Å²) >= 11 is 0. The molecule has 3 nitrogen and oxygen atoms in total. The maximum Gasteiger partial charge on any atom is 0.183 e. The van der Waals surface area contributed by atoms with Gasteiger partial charge in [-0.25, -0.2) is 0 Å². The van der Waals surface area contributed by atoms with Crippen LogP contribution in [-0.2, 0) is 9.47 Å². The normalized spacial score (nSPS) is 25.8. The zero-order chi connectivity index (χ0) is 23.1. The second kappa shape index (κ2) is 15.8. The summed E-state index contributed by atoms with van der Waals surface area (Å²) in [5.41, 5.74) is 1.10. The number of hydrogen-bond acceptors (Lipinski definition) is 3. The molecule has 1 saturated carbocycles. The van der Waals surface area contributed by atoms with Crippen molar-refractivity contribution < 1.29 is 14.2 Å². The predicted molar refractivity (Wildman–Crippen MR) is 138 cm³/mol. The van der Waals surface area contributed by atoms with E-state index in [2.05, 4.69) is 38.1 Å². The summed E-state index contributed by atoms with van der Waals surface area (Å²) in [5, 5.41) is 0. The SMILES string of the molecule is CCCCCC[C@H]1CO[C@H](c2ccc(OCCC[C@H]3CC[C@H](CCCCC)CC3)cc2)OC1. The van der Waals surface area contributed by atoms with E-state index < -0.39 is 0 Å². The molecule has 33 heavy (non-hydrogen) atoms. The first-order valence-electron chi connectivity index (χ1n) is 14.2. The molecule has 2 fully saturated rings. The van der Waals surface area contributed by atoms with Crippen LogP contribution >= 0.6 is 0 Å². The molecule has 0 atom stereocenters. The molecule has 2 aliphatic rings. The Hall–Kier alpha value is -1.06. The molecule has 3 rings (SSSR count). The van der Waals surface area contributed by atoms with Crippen molar-refractivity contribution in [1.29, 1.82) is 0 Å². The third-order valence-electron chi connectivity index (χ3n) is 7.79. The van der Waals surface area contributed by atoms with E-state index in [9.17, 15) is 0 Å². The van der Waals surface area contributed by atoms with Crippen LogP contribution in [0.1, 0.15) is 122 Å². The highest BCUT2D eigenvalue weighted by Crippen LogP contribution is 2.34. The predicted octanol–water partition coefficient (Wildman–Crippen LogP) is 8.86. The minimum atomic E-state index is -0.219. The highest BCUT2D eigenvalue weighted by atomic mass is 16.7. The number of benzene rings is 1. The molecule has 1 aromatic carbocycles. The van der Waals surface area contributed by atoms with Crippen LogP contribution in [0.4, 0.5) is 0 Å². The summed E-state index contributed by atoms with van der Waals surface area (Å²) in [4.78, 5) is 0. The smallest absolute Gasteiger partial charge is 0.183 e. The van der Waals surface area contributed by atoms with Crippen molar-refractivity contribution >= 4 is 0 Å². The topological polar surface area (TPSA) is 27.7 Å². The summed E-state index contributed by atoms with van der Waals surface area (Å²) in [5.74, 6) is 3.45. The van der Waals surface area contributed by atoms with Gasteiger partial charge in [0.05, 0.1) is 19.8 Å². The lowest BCUT2D eigenvalue weighted by Gasteiger charge is -2.29. The van der Waals surface area contributed by atoms with Gasteiger partial charge < -0.3 is 14.2 Å². The molecule has 1 aliphatic heterocycles. The van der Waals surface area contributed by atoms with E-state index in [4.69, 9.17) is 14.2 Å². The minimum absolute atomic E-state index is 0.219. The van der Waals surface area contributed by atoms with Crippen LogP contribution in [0.15, 0.2) is 24.3 Å². The monoisotopic (exact) mass is 458 g/mol. The van der Waals surface area contributed by atoms with Crippen molar-refractivity contribution in [3.8, 4) is 5.75 Å². The fourth-order valence-corrected chi connectivity index (χ4v) is 5.54. The van der Waals surface area contributed by atoms with Gasteiger partial charge in [0, 0.05) is 11.5 Å². The summed E-state index contributed by atoms with van der Waals surface area (Å²) < 4.78 is 18.0. The van der Waals surface area contributed by atoms with Gasteiger partial charge in [0.2, 0.25) is 0 Å². The van der Waals surface area contributed by atoms with E-state index >= 15 is 0 Å². The zero-order valence-corrected chi connectivity index (χ0v) is 21.6. The van der Waals surface area contributed by atoms with Crippen LogP contribution in [0.3, 0.4) is 0 Å². The van der Waals surface area contributed by atoms with Crippen LogP contribution in [0.2, 0.25) is 0 Å². The Balaban J connectivity index is 1.25. The highest BCUT2D eigenvalue weighted by Gasteiger charge is 2.23. The summed E-state index contributed by atoms with van der Waals surface area (Å²) in [7, 11) is 0. The van der Waals surface area contributed by atoms with Gasteiger partial charge in [0.25, 0.3) is 0 Å². The molecule has 0 bridgehead atoms. The van der Waals surface area contributed by atoms with Crippen molar-refractivity contribution in [2.75, 3.05) is 19.8 Å². The number of ether oxygens (including phenoxy) is 3. The van der Waals surface area contributed by atoms with Gasteiger partial charge in [-0.1, -0.05) is 103 Å². The maximum atomic E-state index is 6.03. The average Bonchev–Trinajstić information content (AvgIpc) is 2.86. The van der Waals surface area contributed by atoms with Crippen LogP contribution in [-0.4, -0.2) is 19.8 Å². The summed E-state index contributed by atoms with van der Waals surface area (Å²) in [6.07, 6.45) is 20.2. The van der Waals surface area contributed by atoms with Crippen molar-refractivity contribution in [2.45, 2.75) is 116 Å². The third kappa shape index (κ3) is 9.99. The lowest BCUT2D eigenvalue weighted by molar-refractivity contribution is -0.206. The molecule has 0 amide bonds. The number of rotatable bonds is 15. The molecule has 0 N–H and O–H groups in total. The Labute approximate surface area is 204 Å². The van der Waals surface area contributed by atoms with E-state index in [1.165, 1.54) is 96.3 Å². The van der Waals surface area contributed by atoms with Gasteiger partial charge in [-0.2, -0.15) is 0 Å². The molecule has 1 heterocycles. The Kier molecular flexibility index (Phi) is 12.7. The first-order valence-corrected chi connectivity index (χ1v) is 14.2. The Morgan fingerprint density at radius 3 is 1.85 bits per heavy atom. The van der Waals surface area contributed by atoms with Crippen molar-refractivity contribution in [2.24, 2.45) is 17.8 Å². The quantitative estimate of drug-likeness (QED) is 0.246. The molecular formula is C30H50O3. The summed E-state index contributed by atoms with van der Waals surface area (Å²) in [6.45, 7) is 7.02. The molecule has 0 spiro atoms. The van der Waals surface area contributed by atoms with Crippen molar-refractivity contribution in [3.63, 3.8) is 0 Å². The fraction of sp³-hybridized carbons (Fsp3) is 0.800. The first-order chi connectivity index (χ1) is 16.3. The molecule has 1 saturated heterocycles. The van der Waals surface area contributed by atoms with Crippen LogP contribution in [0.25, 0.3) is 0 Å². The van der Waals surface area contributed by atoms with Crippen LogP contribution in [0, 0.1) is 17.8 Å². The second-order valence-corrected chi connectivity index (χ2v) is 10.7. The Morgan fingerprint density at radius 2 is 1.21 bits per heavy atom. The molecule has 188 valence electrons. The lowest BCUT2D eigenvalue weighted by Crippen LogP contribution is -2.27. The molecule has 0 unspecified atom stereocenters. The van der Waals surface area contributed by atoms with E-state index in [1.807, 2.05) is 0 Å². The average molecular weight is 459 g/mol. The van der Waals surface area contributed by atoms with Gasteiger partial charge in [0.1, 0.15) is 5.75 Å². The Morgan fingerprint density at radius 1 is 0.667 bits per heavy atom. The van der Waals surface area contributed by atoms with E-state index in [0.717, 1.165) is 43.0 Å². The number of hydrogen-bond donors (Lipinski definition) is 0. The first kappa shape index (κ1) is 26.5. The van der Waals surface area contributed by atoms with Gasteiger partial charge in [0.15, 0.2) is 6.29 Å². The van der Waals surface area contributed by atoms with Crippen molar-refractivity contribution in [3.05, 3.63) is 29.8 Å². The highest BCUT2D eigenvalue weighted by molar-refractivity contribution is 5.28. The fourth-order valence-electron chi connectivity index (χ4n) is 5.54. The van der Waals surface area contributed by atoms with Crippen LogP contribution < -0.4 is 4.74 Å². The van der Waals surface area contributed by atoms with Gasteiger partial charge in [-0.3, -0.25) is 0 Å². The molecule has 1 aromatic rings.